The van der Waals surface area contributed by atoms with Crippen LogP contribution in [-0.4, -0.2) is 34.6 Å². The number of halogens is 1. The van der Waals surface area contributed by atoms with Gasteiger partial charge in [-0.1, -0.05) is 88.7 Å². The van der Waals surface area contributed by atoms with Gasteiger partial charge in [0, 0.05) is 29.2 Å². The summed E-state index contributed by atoms with van der Waals surface area (Å²) in [7, 11) is 0. The van der Waals surface area contributed by atoms with Gasteiger partial charge in [-0.15, -0.1) is 11.8 Å². The first-order valence-electron chi connectivity index (χ1n) is 11.4. The van der Waals surface area contributed by atoms with Crippen molar-refractivity contribution in [1.29, 1.82) is 0 Å². The van der Waals surface area contributed by atoms with Crippen LogP contribution in [0.4, 0.5) is 0 Å². The van der Waals surface area contributed by atoms with Gasteiger partial charge in [-0.05, 0) is 42.7 Å². The molecule has 34 heavy (non-hydrogen) atoms. The van der Waals surface area contributed by atoms with Crippen LogP contribution >= 0.6 is 27.7 Å². The zero-order valence-electron chi connectivity index (χ0n) is 19.6. The van der Waals surface area contributed by atoms with Crippen LogP contribution in [0.15, 0.2) is 89.4 Å². The van der Waals surface area contributed by atoms with Crippen LogP contribution in [0, 0.1) is 0 Å². The van der Waals surface area contributed by atoms with E-state index in [-0.39, 0.29) is 17.9 Å². The molecule has 0 fully saturated rings. The molecular formula is C28H31BrN2O2S. The minimum atomic E-state index is -0.592. The molecule has 1 N–H and O–H groups in total. The number of thioether (sulfide) groups is 1. The molecule has 0 aliphatic rings. The van der Waals surface area contributed by atoms with Gasteiger partial charge in [0.15, 0.2) is 0 Å². The maximum Gasteiger partial charge on any atom is 0.243 e. The van der Waals surface area contributed by atoms with Crippen molar-refractivity contribution >= 4 is 39.5 Å². The number of benzene rings is 3. The lowest BCUT2D eigenvalue weighted by Gasteiger charge is -2.32. The summed E-state index contributed by atoms with van der Waals surface area (Å²) in [6, 6.07) is 27.3. The fourth-order valence-corrected chi connectivity index (χ4v) is 4.77. The van der Waals surface area contributed by atoms with Crippen molar-refractivity contribution in [2.75, 3.05) is 5.75 Å². The molecule has 3 aromatic carbocycles. The molecule has 0 aliphatic carbocycles. The molecule has 6 heteroatoms. The molecule has 0 saturated heterocycles. The Balaban J connectivity index is 1.81. The lowest BCUT2D eigenvalue weighted by Crippen LogP contribution is -2.52. The van der Waals surface area contributed by atoms with Crippen molar-refractivity contribution in [1.82, 2.24) is 10.2 Å². The van der Waals surface area contributed by atoms with Gasteiger partial charge in [0.25, 0.3) is 0 Å². The van der Waals surface area contributed by atoms with Gasteiger partial charge in [-0.3, -0.25) is 9.59 Å². The predicted molar refractivity (Wildman–Crippen MR) is 145 cm³/mol. The normalized spacial score (nSPS) is 11.8. The van der Waals surface area contributed by atoms with Gasteiger partial charge in [0.2, 0.25) is 11.8 Å². The van der Waals surface area contributed by atoms with Crippen LogP contribution in [0.3, 0.4) is 0 Å². The van der Waals surface area contributed by atoms with Crippen molar-refractivity contribution in [3.8, 4) is 0 Å². The highest BCUT2D eigenvalue weighted by Gasteiger charge is 2.30. The van der Waals surface area contributed by atoms with Crippen LogP contribution in [-0.2, 0) is 28.3 Å². The maximum atomic E-state index is 13.5. The highest BCUT2D eigenvalue weighted by molar-refractivity contribution is 9.10. The third kappa shape index (κ3) is 8.33. The summed E-state index contributed by atoms with van der Waals surface area (Å²) in [6.07, 6.45) is 0.468. The minimum absolute atomic E-state index is 0.00812. The molecule has 2 amide bonds. The standard InChI is InChI=1S/C28H31BrN2O2S/c1-21(2)30-28(33)26(17-22-9-5-3-6-10-22)31(18-23-11-7-4-8-12-23)27(32)20-34-19-24-13-15-25(29)16-14-24/h3-16,21,26H,17-20H2,1-2H3,(H,30,33). The molecule has 3 rings (SSSR count). The Hall–Kier alpha value is -2.57. The Labute approximate surface area is 215 Å². The first-order chi connectivity index (χ1) is 16.4. The average Bonchev–Trinajstić information content (AvgIpc) is 2.83. The Kier molecular flexibility index (Phi) is 10.2. The van der Waals surface area contributed by atoms with Gasteiger partial charge >= 0.3 is 0 Å². The van der Waals surface area contributed by atoms with Crippen molar-refractivity contribution in [2.24, 2.45) is 0 Å². The molecule has 1 unspecified atom stereocenters. The monoisotopic (exact) mass is 538 g/mol. The molecule has 4 nitrogen and oxygen atoms in total. The van der Waals surface area contributed by atoms with Crippen LogP contribution in [0.1, 0.15) is 30.5 Å². The van der Waals surface area contributed by atoms with Gasteiger partial charge < -0.3 is 10.2 Å². The summed E-state index contributed by atoms with van der Waals surface area (Å²) >= 11 is 5.03. The zero-order chi connectivity index (χ0) is 24.3. The number of carbonyl (C=O) groups is 2. The Bertz CT molecular complexity index is 1040. The van der Waals surface area contributed by atoms with Gasteiger partial charge in [0.05, 0.1) is 5.75 Å². The molecule has 0 radical (unpaired) electrons. The number of amides is 2. The van der Waals surface area contributed by atoms with Crippen LogP contribution < -0.4 is 5.32 Å². The molecule has 0 aromatic heterocycles. The highest BCUT2D eigenvalue weighted by atomic mass is 79.9. The van der Waals surface area contributed by atoms with E-state index in [1.165, 1.54) is 0 Å². The SMILES string of the molecule is CC(C)NC(=O)C(Cc1ccccc1)N(Cc1ccccc1)C(=O)CSCc1ccc(Br)cc1. The minimum Gasteiger partial charge on any atom is -0.352 e. The molecule has 3 aromatic rings. The summed E-state index contributed by atoms with van der Waals surface area (Å²) in [4.78, 5) is 28.6. The topological polar surface area (TPSA) is 49.4 Å². The summed E-state index contributed by atoms with van der Waals surface area (Å²) in [5, 5.41) is 3.03. The molecule has 1 atom stereocenters. The first-order valence-corrected chi connectivity index (χ1v) is 13.4. The van der Waals surface area contributed by atoms with Crippen LogP contribution in [0.2, 0.25) is 0 Å². The maximum absolute atomic E-state index is 13.5. The number of nitrogens with zero attached hydrogens (tertiary/aromatic N) is 1. The fourth-order valence-electron chi connectivity index (χ4n) is 3.63. The zero-order valence-corrected chi connectivity index (χ0v) is 22.0. The Morgan fingerprint density at radius 3 is 2.03 bits per heavy atom. The second-order valence-electron chi connectivity index (χ2n) is 8.50. The largest absolute Gasteiger partial charge is 0.352 e. The van der Waals surface area contributed by atoms with E-state index in [9.17, 15) is 9.59 Å². The van der Waals surface area contributed by atoms with Crippen LogP contribution in [0.25, 0.3) is 0 Å². The summed E-state index contributed by atoms with van der Waals surface area (Å²) in [5.41, 5.74) is 3.19. The van der Waals surface area contributed by atoms with Gasteiger partial charge in [-0.2, -0.15) is 0 Å². The van der Waals surface area contributed by atoms with Gasteiger partial charge in [0.1, 0.15) is 6.04 Å². The van der Waals surface area contributed by atoms with E-state index in [4.69, 9.17) is 0 Å². The molecule has 0 bridgehead atoms. The van der Waals surface area contributed by atoms with Crippen molar-refractivity contribution in [3.63, 3.8) is 0 Å². The number of rotatable bonds is 11. The summed E-state index contributed by atoms with van der Waals surface area (Å²) < 4.78 is 1.03. The fraction of sp³-hybridized carbons (Fsp3) is 0.286. The molecular weight excluding hydrogens is 508 g/mol. The van der Waals surface area contributed by atoms with Crippen LogP contribution in [0.5, 0.6) is 0 Å². The summed E-state index contributed by atoms with van der Waals surface area (Å²) in [5.74, 6) is 0.884. The van der Waals surface area contributed by atoms with E-state index < -0.39 is 6.04 Å². The second kappa shape index (κ2) is 13.4. The molecule has 0 saturated carbocycles. The molecule has 178 valence electrons. The number of nitrogens with one attached hydrogen (secondary N) is 1. The van der Waals surface area contributed by atoms with E-state index in [0.717, 1.165) is 26.9 Å². The Morgan fingerprint density at radius 2 is 1.44 bits per heavy atom. The molecule has 0 spiro atoms. The van der Waals surface area contributed by atoms with Crippen molar-refractivity contribution < 1.29 is 9.59 Å². The average molecular weight is 540 g/mol. The smallest absolute Gasteiger partial charge is 0.243 e. The number of hydrogen-bond acceptors (Lipinski definition) is 3. The van der Waals surface area contributed by atoms with Crippen molar-refractivity contribution in [2.45, 2.75) is 44.6 Å². The molecule has 0 heterocycles. The lowest BCUT2D eigenvalue weighted by atomic mass is 10.0. The number of carbonyl (C=O) groups excluding carboxylic acids is 2. The third-order valence-electron chi connectivity index (χ3n) is 5.31. The molecule has 0 aliphatic heterocycles. The van der Waals surface area contributed by atoms with E-state index in [1.54, 1.807) is 16.7 Å². The lowest BCUT2D eigenvalue weighted by molar-refractivity contribution is -0.139. The Morgan fingerprint density at radius 1 is 0.853 bits per heavy atom. The van der Waals surface area contributed by atoms with E-state index in [1.807, 2.05) is 86.6 Å². The first kappa shape index (κ1) is 26.0. The highest BCUT2D eigenvalue weighted by Crippen LogP contribution is 2.19. The quantitative estimate of drug-likeness (QED) is 0.333. The van der Waals surface area contributed by atoms with Crippen molar-refractivity contribution in [3.05, 3.63) is 106 Å². The third-order valence-corrected chi connectivity index (χ3v) is 6.82. The summed E-state index contributed by atoms with van der Waals surface area (Å²) in [6.45, 7) is 4.27. The van der Waals surface area contributed by atoms with E-state index >= 15 is 0 Å². The number of hydrogen-bond donors (Lipinski definition) is 1. The van der Waals surface area contributed by atoms with Gasteiger partial charge in [-0.25, -0.2) is 0 Å². The van der Waals surface area contributed by atoms with E-state index in [2.05, 4.69) is 33.4 Å². The predicted octanol–water partition coefficient (Wildman–Crippen LogP) is 5.85. The second-order valence-corrected chi connectivity index (χ2v) is 10.4. The van der Waals surface area contributed by atoms with E-state index in [0.29, 0.717) is 18.7 Å².